The lowest BCUT2D eigenvalue weighted by atomic mass is 10.0. The Bertz CT molecular complexity index is 359. The summed E-state index contributed by atoms with van der Waals surface area (Å²) in [6.07, 6.45) is 2.16. The Hall–Kier alpha value is -0.570. The topological polar surface area (TPSA) is 32.3 Å². The third kappa shape index (κ3) is 2.10. The zero-order valence-electron chi connectivity index (χ0n) is 13.6. The molecule has 3 nitrogen and oxygen atoms in total. The number of nitrogens with zero attached hydrogens (tertiary/aromatic N) is 1. The van der Waals surface area contributed by atoms with Crippen molar-refractivity contribution < 1.29 is 4.79 Å². The molecule has 0 radical (unpaired) electrons. The van der Waals surface area contributed by atoms with E-state index in [4.69, 9.17) is 0 Å². The highest BCUT2D eigenvalue weighted by Crippen LogP contribution is 2.66. The van der Waals surface area contributed by atoms with Gasteiger partial charge in [-0.2, -0.15) is 0 Å². The molecule has 1 aliphatic heterocycles. The van der Waals surface area contributed by atoms with E-state index < -0.39 is 0 Å². The summed E-state index contributed by atoms with van der Waals surface area (Å²) in [5.74, 6) is 0.921. The Kier molecular flexibility index (Phi) is 3.49. The fourth-order valence-corrected chi connectivity index (χ4v) is 3.80. The first-order valence-corrected chi connectivity index (χ1v) is 7.72. The van der Waals surface area contributed by atoms with E-state index in [9.17, 15) is 4.79 Å². The van der Waals surface area contributed by atoms with Gasteiger partial charge in [-0.15, -0.1) is 0 Å². The van der Waals surface area contributed by atoms with Crippen LogP contribution in [-0.2, 0) is 4.79 Å². The summed E-state index contributed by atoms with van der Waals surface area (Å²) in [4.78, 5) is 14.8. The molecule has 1 saturated carbocycles. The van der Waals surface area contributed by atoms with E-state index in [0.717, 1.165) is 12.8 Å². The quantitative estimate of drug-likeness (QED) is 0.848. The van der Waals surface area contributed by atoms with Gasteiger partial charge in [0.25, 0.3) is 0 Å². The predicted molar refractivity (Wildman–Crippen MR) is 78.7 cm³/mol. The fraction of sp³-hybridized carbons (Fsp3) is 0.938. The smallest absolute Gasteiger partial charge is 0.241 e. The number of rotatable bonds is 4. The molecule has 2 aliphatic rings. The van der Waals surface area contributed by atoms with Gasteiger partial charge in [0.1, 0.15) is 0 Å². The molecule has 2 unspecified atom stereocenters. The standard InChI is InChI=1S/C16H30N2O/c1-8-11-13(19)18(12(17-11)9-10(2)3)14-15(4,5)16(14,6)7/h10-12,14,17H,8-9H2,1-7H3. The van der Waals surface area contributed by atoms with Crippen LogP contribution in [0.2, 0.25) is 0 Å². The van der Waals surface area contributed by atoms with E-state index >= 15 is 0 Å². The summed E-state index contributed by atoms with van der Waals surface area (Å²) in [6.45, 7) is 15.7. The third-order valence-corrected chi connectivity index (χ3v) is 5.61. The summed E-state index contributed by atoms with van der Waals surface area (Å²) in [5.41, 5.74) is 0.449. The molecule has 1 aliphatic carbocycles. The Labute approximate surface area is 118 Å². The number of nitrogens with one attached hydrogen (secondary N) is 1. The van der Waals surface area contributed by atoms with E-state index in [-0.39, 0.29) is 23.0 Å². The average Bonchev–Trinajstić information content (AvgIpc) is 2.53. The molecular formula is C16H30N2O. The Balaban J connectivity index is 2.23. The van der Waals surface area contributed by atoms with Crippen LogP contribution in [0, 0.1) is 16.7 Å². The van der Waals surface area contributed by atoms with Crippen LogP contribution >= 0.6 is 0 Å². The predicted octanol–water partition coefficient (Wildman–Crippen LogP) is 3.00. The molecule has 2 atom stereocenters. The fourth-order valence-electron chi connectivity index (χ4n) is 3.80. The van der Waals surface area contributed by atoms with Crippen molar-refractivity contribution in [2.24, 2.45) is 16.7 Å². The van der Waals surface area contributed by atoms with Crippen LogP contribution in [0.15, 0.2) is 0 Å². The SMILES string of the molecule is CCC1NC(CC(C)C)N(C2C(C)(C)C2(C)C)C1=O. The lowest BCUT2D eigenvalue weighted by Gasteiger charge is -2.28. The number of carbonyl (C=O) groups excluding carboxylic acids is 1. The molecule has 0 aromatic carbocycles. The second-order valence-electron chi connectivity index (χ2n) is 7.86. The number of amides is 1. The maximum Gasteiger partial charge on any atom is 0.241 e. The van der Waals surface area contributed by atoms with Gasteiger partial charge in [0.2, 0.25) is 5.91 Å². The van der Waals surface area contributed by atoms with Crippen molar-refractivity contribution in [3.63, 3.8) is 0 Å². The molecule has 1 saturated heterocycles. The zero-order valence-corrected chi connectivity index (χ0v) is 13.6. The van der Waals surface area contributed by atoms with Crippen LogP contribution in [0.5, 0.6) is 0 Å². The second kappa shape index (κ2) is 4.47. The monoisotopic (exact) mass is 266 g/mol. The Morgan fingerprint density at radius 3 is 2.11 bits per heavy atom. The van der Waals surface area contributed by atoms with E-state index in [1.807, 2.05) is 0 Å². The van der Waals surface area contributed by atoms with E-state index in [0.29, 0.717) is 17.9 Å². The maximum atomic E-state index is 12.6. The molecule has 1 N–H and O–H groups in total. The van der Waals surface area contributed by atoms with Gasteiger partial charge >= 0.3 is 0 Å². The molecule has 0 bridgehead atoms. The minimum Gasteiger partial charge on any atom is -0.322 e. The minimum atomic E-state index is 0.0240. The lowest BCUT2D eigenvalue weighted by molar-refractivity contribution is -0.131. The highest BCUT2D eigenvalue weighted by atomic mass is 16.2. The van der Waals surface area contributed by atoms with Crippen molar-refractivity contribution in [1.29, 1.82) is 0 Å². The number of hydrogen-bond acceptors (Lipinski definition) is 2. The van der Waals surface area contributed by atoms with Gasteiger partial charge in [-0.05, 0) is 29.6 Å². The second-order valence-corrected chi connectivity index (χ2v) is 7.86. The number of hydrogen-bond donors (Lipinski definition) is 1. The maximum absolute atomic E-state index is 12.6. The van der Waals surface area contributed by atoms with Crippen molar-refractivity contribution in [3.05, 3.63) is 0 Å². The van der Waals surface area contributed by atoms with Crippen LogP contribution in [-0.4, -0.2) is 29.1 Å². The van der Waals surface area contributed by atoms with Crippen LogP contribution in [0.4, 0.5) is 0 Å². The first-order valence-electron chi connectivity index (χ1n) is 7.72. The lowest BCUT2D eigenvalue weighted by Crippen LogP contribution is -2.42. The van der Waals surface area contributed by atoms with Crippen molar-refractivity contribution in [2.75, 3.05) is 0 Å². The summed E-state index contributed by atoms with van der Waals surface area (Å²) >= 11 is 0. The van der Waals surface area contributed by atoms with Crippen molar-refractivity contribution in [1.82, 2.24) is 10.2 Å². The molecule has 0 aromatic rings. The average molecular weight is 266 g/mol. The van der Waals surface area contributed by atoms with Crippen LogP contribution in [0.3, 0.4) is 0 Å². The highest BCUT2D eigenvalue weighted by Gasteiger charge is 2.70. The highest BCUT2D eigenvalue weighted by molar-refractivity contribution is 5.85. The molecule has 1 heterocycles. The minimum absolute atomic E-state index is 0.0240. The first kappa shape index (κ1) is 14.8. The largest absolute Gasteiger partial charge is 0.322 e. The third-order valence-electron chi connectivity index (χ3n) is 5.61. The Morgan fingerprint density at radius 1 is 1.21 bits per heavy atom. The molecule has 19 heavy (non-hydrogen) atoms. The molecule has 2 fully saturated rings. The van der Waals surface area contributed by atoms with Gasteiger partial charge in [0.05, 0.1) is 12.2 Å². The van der Waals surface area contributed by atoms with Crippen LogP contribution in [0.1, 0.15) is 61.3 Å². The van der Waals surface area contributed by atoms with Gasteiger partial charge in [0.15, 0.2) is 0 Å². The van der Waals surface area contributed by atoms with Crippen LogP contribution < -0.4 is 5.32 Å². The summed E-state index contributed by atoms with van der Waals surface area (Å²) in [6, 6.07) is 0.399. The first-order chi connectivity index (χ1) is 8.64. The Morgan fingerprint density at radius 2 is 1.74 bits per heavy atom. The van der Waals surface area contributed by atoms with Crippen LogP contribution in [0.25, 0.3) is 0 Å². The van der Waals surface area contributed by atoms with Crippen molar-refractivity contribution in [3.8, 4) is 0 Å². The molecule has 2 rings (SSSR count). The van der Waals surface area contributed by atoms with Gasteiger partial charge < -0.3 is 4.90 Å². The van der Waals surface area contributed by atoms with Crippen molar-refractivity contribution >= 4 is 5.91 Å². The van der Waals surface area contributed by atoms with Gasteiger partial charge in [-0.25, -0.2) is 0 Å². The number of carbonyl (C=O) groups is 1. The van der Waals surface area contributed by atoms with Gasteiger partial charge in [-0.3, -0.25) is 10.1 Å². The van der Waals surface area contributed by atoms with Gasteiger partial charge in [-0.1, -0.05) is 48.5 Å². The molecule has 3 heteroatoms. The molecule has 110 valence electrons. The van der Waals surface area contributed by atoms with E-state index in [1.54, 1.807) is 0 Å². The summed E-state index contributed by atoms with van der Waals surface area (Å²) in [5, 5.41) is 3.55. The molecule has 1 amide bonds. The zero-order chi connectivity index (χ0) is 14.6. The normalized spacial score (nSPS) is 33.3. The van der Waals surface area contributed by atoms with E-state index in [2.05, 4.69) is 58.7 Å². The molecule has 0 aromatic heterocycles. The van der Waals surface area contributed by atoms with E-state index in [1.165, 1.54) is 0 Å². The molecule has 0 spiro atoms. The summed E-state index contributed by atoms with van der Waals surface area (Å²) in [7, 11) is 0. The van der Waals surface area contributed by atoms with Crippen molar-refractivity contribution in [2.45, 2.75) is 79.6 Å². The molecular weight excluding hydrogens is 236 g/mol. The summed E-state index contributed by atoms with van der Waals surface area (Å²) < 4.78 is 0. The van der Waals surface area contributed by atoms with Gasteiger partial charge in [0, 0.05) is 6.04 Å².